The van der Waals surface area contributed by atoms with Crippen LogP contribution in [0, 0.1) is 0 Å². The van der Waals surface area contributed by atoms with Crippen LogP contribution in [0.4, 0.5) is 0 Å². The topological polar surface area (TPSA) is 9.23 Å². The second-order valence-electron chi connectivity index (χ2n) is 4.65. The van der Waals surface area contributed by atoms with Crippen LogP contribution in [-0.2, 0) is 6.61 Å². The Morgan fingerprint density at radius 2 is 1.61 bits per heavy atom. The Balaban J connectivity index is 1.61. The van der Waals surface area contributed by atoms with Crippen LogP contribution in [0.15, 0.2) is 60.2 Å². The molecule has 0 aromatic heterocycles. The normalized spacial score (nSPS) is 13.2. The highest BCUT2D eigenvalue weighted by Crippen LogP contribution is 2.30. The summed E-state index contributed by atoms with van der Waals surface area (Å²) < 4.78 is 5.75. The Morgan fingerprint density at radius 1 is 0.889 bits per heavy atom. The molecule has 0 heterocycles. The first kappa shape index (κ1) is 11.1. The van der Waals surface area contributed by atoms with Crippen LogP contribution in [-0.4, -0.2) is 0 Å². The maximum Gasteiger partial charge on any atom is 0.119 e. The van der Waals surface area contributed by atoms with E-state index in [9.17, 15) is 0 Å². The Labute approximate surface area is 108 Å². The van der Waals surface area contributed by atoms with Crippen LogP contribution in [0.3, 0.4) is 0 Å². The van der Waals surface area contributed by atoms with E-state index in [0.29, 0.717) is 6.61 Å². The number of rotatable bonds is 4. The summed E-state index contributed by atoms with van der Waals surface area (Å²) in [5, 5.41) is 0. The van der Waals surface area contributed by atoms with Crippen LogP contribution in [0.5, 0.6) is 5.75 Å². The average molecular weight is 236 g/mol. The van der Waals surface area contributed by atoms with E-state index in [1.165, 1.54) is 24.0 Å². The van der Waals surface area contributed by atoms with Crippen LogP contribution in [0.25, 0.3) is 6.08 Å². The SMILES string of the molecule is C(=C1CC1)c1ccc(OCc2ccccc2)cc1. The van der Waals surface area contributed by atoms with Gasteiger partial charge in [-0.1, -0.05) is 54.1 Å². The maximum atomic E-state index is 5.75. The number of hydrogen-bond acceptors (Lipinski definition) is 1. The van der Waals surface area contributed by atoms with E-state index in [1.54, 1.807) is 5.57 Å². The molecule has 1 aliphatic rings. The molecule has 18 heavy (non-hydrogen) atoms. The van der Waals surface area contributed by atoms with Gasteiger partial charge in [0.05, 0.1) is 0 Å². The first-order valence-electron chi connectivity index (χ1n) is 6.36. The summed E-state index contributed by atoms with van der Waals surface area (Å²) in [4.78, 5) is 0. The first-order chi connectivity index (χ1) is 8.90. The first-order valence-corrected chi connectivity index (χ1v) is 6.36. The second kappa shape index (κ2) is 5.09. The molecule has 0 atom stereocenters. The second-order valence-corrected chi connectivity index (χ2v) is 4.65. The van der Waals surface area contributed by atoms with Crippen LogP contribution in [0.1, 0.15) is 24.0 Å². The number of ether oxygens (including phenoxy) is 1. The summed E-state index contributed by atoms with van der Waals surface area (Å²) >= 11 is 0. The van der Waals surface area contributed by atoms with Crippen LogP contribution < -0.4 is 4.74 Å². The van der Waals surface area contributed by atoms with Gasteiger partial charge in [0.25, 0.3) is 0 Å². The van der Waals surface area contributed by atoms with Crippen molar-refractivity contribution < 1.29 is 4.74 Å². The van der Waals surface area contributed by atoms with Gasteiger partial charge in [0.15, 0.2) is 0 Å². The largest absolute Gasteiger partial charge is 0.489 e. The average Bonchev–Trinajstić information content (AvgIpc) is 3.23. The lowest BCUT2D eigenvalue weighted by Crippen LogP contribution is -1.94. The quantitative estimate of drug-likeness (QED) is 0.762. The van der Waals surface area contributed by atoms with E-state index in [4.69, 9.17) is 4.74 Å². The molecule has 2 aromatic rings. The molecule has 0 amide bonds. The van der Waals surface area contributed by atoms with Crippen molar-refractivity contribution in [3.05, 3.63) is 71.3 Å². The summed E-state index contributed by atoms with van der Waals surface area (Å²) in [5.41, 5.74) is 4.02. The summed E-state index contributed by atoms with van der Waals surface area (Å²) in [7, 11) is 0. The third-order valence-electron chi connectivity index (χ3n) is 3.04. The Bertz CT molecular complexity index is 532. The summed E-state index contributed by atoms with van der Waals surface area (Å²) in [6.07, 6.45) is 4.81. The summed E-state index contributed by atoms with van der Waals surface area (Å²) in [5.74, 6) is 0.928. The van der Waals surface area contributed by atoms with Gasteiger partial charge in [-0.15, -0.1) is 0 Å². The van der Waals surface area contributed by atoms with Gasteiger partial charge in [-0.25, -0.2) is 0 Å². The maximum absolute atomic E-state index is 5.75. The molecule has 1 heteroatoms. The van der Waals surface area contributed by atoms with E-state index in [1.807, 2.05) is 30.3 Å². The van der Waals surface area contributed by atoms with Gasteiger partial charge in [-0.05, 0) is 36.1 Å². The molecule has 1 fully saturated rings. The van der Waals surface area contributed by atoms with Crippen LogP contribution in [0.2, 0.25) is 0 Å². The predicted octanol–water partition coefficient (Wildman–Crippen LogP) is 4.44. The molecule has 0 radical (unpaired) electrons. The van der Waals surface area contributed by atoms with E-state index in [0.717, 1.165) is 5.75 Å². The van der Waals surface area contributed by atoms with E-state index < -0.39 is 0 Å². The monoisotopic (exact) mass is 236 g/mol. The van der Waals surface area contributed by atoms with Gasteiger partial charge in [-0.2, -0.15) is 0 Å². The highest BCUT2D eigenvalue weighted by molar-refractivity contribution is 5.57. The van der Waals surface area contributed by atoms with Gasteiger partial charge < -0.3 is 4.74 Å². The summed E-state index contributed by atoms with van der Waals surface area (Å²) in [6.45, 7) is 0.626. The molecular formula is C17H16O. The Hall–Kier alpha value is -2.02. The molecule has 3 rings (SSSR count). The third kappa shape index (κ3) is 3.01. The smallest absolute Gasteiger partial charge is 0.119 e. The highest BCUT2D eigenvalue weighted by Gasteiger charge is 2.09. The molecule has 0 unspecified atom stereocenters. The van der Waals surface area contributed by atoms with Crippen molar-refractivity contribution in [2.24, 2.45) is 0 Å². The molecule has 1 nitrogen and oxygen atoms in total. The number of benzene rings is 2. The summed E-state index contributed by atoms with van der Waals surface area (Å²) in [6, 6.07) is 18.5. The fraction of sp³-hybridized carbons (Fsp3) is 0.176. The predicted molar refractivity (Wildman–Crippen MR) is 74.4 cm³/mol. The van der Waals surface area contributed by atoms with Gasteiger partial charge in [0, 0.05) is 0 Å². The van der Waals surface area contributed by atoms with E-state index in [2.05, 4.69) is 30.3 Å². The van der Waals surface area contributed by atoms with Gasteiger partial charge in [0.1, 0.15) is 12.4 Å². The minimum Gasteiger partial charge on any atom is -0.489 e. The molecule has 90 valence electrons. The zero-order valence-corrected chi connectivity index (χ0v) is 10.3. The van der Waals surface area contributed by atoms with Crippen molar-refractivity contribution in [1.29, 1.82) is 0 Å². The van der Waals surface area contributed by atoms with E-state index >= 15 is 0 Å². The molecule has 0 bridgehead atoms. The molecule has 0 spiro atoms. The third-order valence-corrected chi connectivity index (χ3v) is 3.04. The number of hydrogen-bond donors (Lipinski definition) is 0. The molecule has 1 saturated carbocycles. The fourth-order valence-electron chi connectivity index (χ4n) is 1.85. The van der Waals surface area contributed by atoms with Crippen molar-refractivity contribution >= 4 is 6.08 Å². The van der Waals surface area contributed by atoms with E-state index in [-0.39, 0.29) is 0 Å². The van der Waals surface area contributed by atoms with Gasteiger partial charge in [-0.3, -0.25) is 0 Å². The Kier molecular flexibility index (Phi) is 3.14. The van der Waals surface area contributed by atoms with Crippen molar-refractivity contribution in [3.63, 3.8) is 0 Å². The fourth-order valence-corrected chi connectivity index (χ4v) is 1.85. The van der Waals surface area contributed by atoms with Crippen molar-refractivity contribution in [3.8, 4) is 5.75 Å². The Morgan fingerprint density at radius 3 is 2.28 bits per heavy atom. The molecule has 2 aromatic carbocycles. The zero-order valence-electron chi connectivity index (χ0n) is 10.3. The lowest BCUT2D eigenvalue weighted by Gasteiger charge is -2.06. The molecule has 0 aliphatic heterocycles. The lowest BCUT2D eigenvalue weighted by molar-refractivity contribution is 0.306. The molecular weight excluding hydrogens is 220 g/mol. The molecule has 0 saturated heterocycles. The van der Waals surface area contributed by atoms with Gasteiger partial charge >= 0.3 is 0 Å². The number of allylic oxidation sites excluding steroid dienone is 1. The minimum absolute atomic E-state index is 0.626. The van der Waals surface area contributed by atoms with Crippen molar-refractivity contribution in [2.45, 2.75) is 19.4 Å². The zero-order chi connectivity index (χ0) is 12.2. The minimum atomic E-state index is 0.626. The van der Waals surface area contributed by atoms with Gasteiger partial charge in [0.2, 0.25) is 0 Å². The standard InChI is InChI=1S/C17H16O/c1-2-4-16(5-3-1)13-18-17-10-8-15(9-11-17)12-14-6-7-14/h1-5,8-12H,6-7,13H2. The van der Waals surface area contributed by atoms with Crippen molar-refractivity contribution in [1.82, 2.24) is 0 Å². The molecule has 1 aliphatic carbocycles. The van der Waals surface area contributed by atoms with Crippen molar-refractivity contribution in [2.75, 3.05) is 0 Å². The lowest BCUT2D eigenvalue weighted by atomic mass is 10.2. The van der Waals surface area contributed by atoms with Crippen LogP contribution >= 0.6 is 0 Å². The highest BCUT2D eigenvalue weighted by atomic mass is 16.5. The molecule has 0 N–H and O–H groups in total.